The van der Waals surface area contributed by atoms with Gasteiger partial charge in [-0.25, -0.2) is 0 Å². The summed E-state index contributed by atoms with van der Waals surface area (Å²) in [5.41, 5.74) is 1.76. The van der Waals surface area contributed by atoms with Crippen LogP contribution in [-0.4, -0.2) is 25.3 Å². The molecule has 0 bridgehead atoms. The molecule has 0 aliphatic rings. The molecule has 4 rings (SSSR count). The van der Waals surface area contributed by atoms with E-state index in [1.54, 1.807) is 31.4 Å². The lowest BCUT2D eigenvalue weighted by Crippen LogP contribution is -2.23. The molecule has 0 atom stereocenters. The van der Waals surface area contributed by atoms with E-state index in [0.29, 0.717) is 34.3 Å². The van der Waals surface area contributed by atoms with Gasteiger partial charge in [0.25, 0.3) is 5.91 Å². The highest BCUT2D eigenvalue weighted by Gasteiger charge is 2.15. The lowest BCUT2D eigenvalue weighted by atomic mass is 10.1. The largest absolute Gasteiger partial charge is 0.497 e. The number of methoxy groups -OCH3 is 2. The van der Waals surface area contributed by atoms with Crippen molar-refractivity contribution in [1.29, 1.82) is 0 Å². The third kappa shape index (κ3) is 3.42. The molecular formula is C21H18N2O5. The smallest absolute Gasteiger partial charge is 0.255 e. The minimum absolute atomic E-state index is 0.206. The highest BCUT2D eigenvalue weighted by Crippen LogP contribution is 2.28. The maximum Gasteiger partial charge on any atom is 0.255 e. The van der Waals surface area contributed by atoms with Crippen LogP contribution < -0.4 is 14.8 Å². The van der Waals surface area contributed by atoms with Crippen molar-refractivity contribution >= 4 is 16.9 Å². The highest BCUT2D eigenvalue weighted by atomic mass is 16.5. The van der Waals surface area contributed by atoms with Gasteiger partial charge in [0.2, 0.25) is 5.76 Å². The van der Waals surface area contributed by atoms with Crippen LogP contribution in [0.15, 0.2) is 63.5 Å². The van der Waals surface area contributed by atoms with Crippen molar-refractivity contribution in [2.45, 2.75) is 6.54 Å². The van der Waals surface area contributed by atoms with Gasteiger partial charge in [0.05, 0.1) is 26.3 Å². The Labute approximate surface area is 160 Å². The monoisotopic (exact) mass is 378 g/mol. The number of nitrogens with one attached hydrogen (secondary N) is 1. The van der Waals surface area contributed by atoms with Gasteiger partial charge in [-0.2, -0.15) is 0 Å². The van der Waals surface area contributed by atoms with Crippen molar-refractivity contribution in [2.24, 2.45) is 0 Å². The zero-order valence-electron chi connectivity index (χ0n) is 15.4. The first kappa shape index (κ1) is 17.7. The Morgan fingerprint density at radius 3 is 2.68 bits per heavy atom. The Kier molecular flexibility index (Phi) is 4.72. The molecule has 2 aromatic carbocycles. The van der Waals surface area contributed by atoms with Gasteiger partial charge in [0, 0.05) is 17.5 Å². The van der Waals surface area contributed by atoms with Gasteiger partial charge in [-0.05, 0) is 24.3 Å². The molecule has 2 heterocycles. The van der Waals surface area contributed by atoms with Crippen LogP contribution in [0.1, 0.15) is 16.1 Å². The molecule has 4 aromatic rings. The third-order valence-corrected chi connectivity index (χ3v) is 4.31. The van der Waals surface area contributed by atoms with E-state index in [-0.39, 0.29) is 12.5 Å². The van der Waals surface area contributed by atoms with Gasteiger partial charge in [-0.1, -0.05) is 23.4 Å². The standard InChI is InChI=1S/C21H18N2O5/c1-25-15-7-8-16(18(11-15)26-2)21(24)22-12-14-10-20(28-23-14)19-9-13-5-3-4-6-17(13)27-19/h3-11H,12H2,1-2H3,(H,22,24). The van der Waals surface area contributed by atoms with Crippen LogP contribution in [0.3, 0.4) is 0 Å². The molecule has 0 unspecified atom stereocenters. The van der Waals surface area contributed by atoms with E-state index in [1.807, 2.05) is 30.3 Å². The zero-order chi connectivity index (χ0) is 19.5. The summed E-state index contributed by atoms with van der Waals surface area (Å²) < 4.78 is 21.5. The first-order valence-corrected chi connectivity index (χ1v) is 8.62. The van der Waals surface area contributed by atoms with E-state index >= 15 is 0 Å². The molecule has 0 aliphatic heterocycles. The Bertz CT molecular complexity index is 1100. The van der Waals surface area contributed by atoms with E-state index < -0.39 is 0 Å². The van der Waals surface area contributed by atoms with Gasteiger partial charge in [-0.15, -0.1) is 0 Å². The summed E-state index contributed by atoms with van der Waals surface area (Å²) >= 11 is 0. The number of para-hydroxylation sites is 1. The number of amides is 1. The first-order valence-electron chi connectivity index (χ1n) is 8.62. The van der Waals surface area contributed by atoms with Gasteiger partial charge < -0.3 is 23.7 Å². The van der Waals surface area contributed by atoms with E-state index in [2.05, 4.69) is 10.5 Å². The van der Waals surface area contributed by atoms with E-state index in [9.17, 15) is 4.79 Å². The minimum atomic E-state index is -0.284. The van der Waals surface area contributed by atoms with Crippen LogP contribution >= 0.6 is 0 Å². The van der Waals surface area contributed by atoms with Crippen molar-refractivity contribution in [2.75, 3.05) is 14.2 Å². The van der Waals surface area contributed by atoms with Crippen molar-refractivity contribution in [3.8, 4) is 23.0 Å². The quantitative estimate of drug-likeness (QED) is 0.545. The molecule has 7 heteroatoms. The Balaban J connectivity index is 1.46. The summed E-state index contributed by atoms with van der Waals surface area (Å²) in [4.78, 5) is 12.5. The summed E-state index contributed by atoms with van der Waals surface area (Å²) in [7, 11) is 3.06. The normalized spacial score (nSPS) is 10.8. The molecule has 1 N–H and O–H groups in total. The molecule has 0 saturated heterocycles. The Morgan fingerprint density at radius 2 is 1.89 bits per heavy atom. The minimum Gasteiger partial charge on any atom is -0.497 e. The number of nitrogens with zero attached hydrogens (tertiary/aromatic N) is 1. The fourth-order valence-corrected chi connectivity index (χ4v) is 2.87. The average Bonchev–Trinajstić information content (AvgIpc) is 3.38. The molecule has 0 radical (unpaired) electrons. The molecular weight excluding hydrogens is 360 g/mol. The first-order chi connectivity index (χ1) is 13.7. The molecule has 28 heavy (non-hydrogen) atoms. The summed E-state index contributed by atoms with van der Waals surface area (Å²) in [6.45, 7) is 0.206. The Morgan fingerprint density at radius 1 is 1.04 bits per heavy atom. The summed E-state index contributed by atoms with van der Waals surface area (Å²) in [5, 5.41) is 7.79. The van der Waals surface area contributed by atoms with Crippen molar-refractivity contribution in [3.05, 3.63) is 65.9 Å². The predicted molar refractivity (Wildman–Crippen MR) is 102 cm³/mol. The van der Waals surface area contributed by atoms with Gasteiger partial charge in [-0.3, -0.25) is 4.79 Å². The van der Waals surface area contributed by atoms with Crippen molar-refractivity contribution in [3.63, 3.8) is 0 Å². The highest BCUT2D eigenvalue weighted by molar-refractivity contribution is 5.97. The lowest BCUT2D eigenvalue weighted by Gasteiger charge is -2.10. The molecule has 0 aliphatic carbocycles. The van der Waals surface area contributed by atoms with Crippen LogP contribution in [0.2, 0.25) is 0 Å². The van der Waals surface area contributed by atoms with Crippen LogP contribution in [0, 0.1) is 0 Å². The molecule has 142 valence electrons. The van der Waals surface area contributed by atoms with Crippen molar-refractivity contribution < 1.29 is 23.2 Å². The van der Waals surface area contributed by atoms with Gasteiger partial charge >= 0.3 is 0 Å². The maximum absolute atomic E-state index is 12.5. The molecule has 1 amide bonds. The average molecular weight is 378 g/mol. The number of furan rings is 1. The van der Waals surface area contributed by atoms with Crippen LogP contribution in [-0.2, 0) is 6.54 Å². The predicted octanol–water partition coefficient (Wildman–Crippen LogP) is 4.04. The number of hydrogen-bond donors (Lipinski definition) is 1. The summed E-state index contributed by atoms with van der Waals surface area (Å²) in [5.74, 6) is 1.85. The van der Waals surface area contributed by atoms with E-state index in [1.165, 1.54) is 7.11 Å². The fourth-order valence-electron chi connectivity index (χ4n) is 2.87. The number of ether oxygens (including phenoxy) is 2. The topological polar surface area (TPSA) is 86.7 Å². The molecule has 7 nitrogen and oxygen atoms in total. The lowest BCUT2D eigenvalue weighted by molar-refractivity contribution is 0.0947. The van der Waals surface area contributed by atoms with Crippen LogP contribution in [0.25, 0.3) is 22.5 Å². The number of aromatic nitrogens is 1. The van der Waals surface area contributed by atoms with Crippen molar-refractivity contribution in [1.82, 2.24) is 10.5 Å². The second kappa shape index (κ2) is 7.48. The molecule has 0 saturated carbocycles. The van der Waals surface area contributed by atoms with E-state index in [4.69, 9.17) is 18.4 Å². The number of benzene rings is 2. The molecule has 2 aromatic heterocycles. The van der Waals surface area contributed by atoms with Gasteiger partial charge in [0.1, 0.15) is 22.8 Å². The second-order valence-corrected chi connectivity index (χ2v) is 6.08. The number of carbonyl (C=O) groups excluding carboxylic acids is 1. The van der Waals surface area contributed by atoms with Crippen LogP contribution in [0.5, 0.6) is 11.5 Å². The third-order valence-electron chi connectivity index (χ3n) is 4.31. The number of fused-ring (bicyclic) bond motifs is 1. The maximum atomic E-state index is 12.5. The SMILES string of the molecule is COc1ccc(C(=O)NCc2cc(-c3cc4ccccc4o3)on2)c(OC)c1. The fraction of sp³-hybridized carbons (Fsp3) is 0.143. The molecule has 0 fully saturated rings. The molecule has 0 spiro atoms. The number of hydrogen-bond acceptors (Lipinski definition) is 6. The second-order valence-electron chi connectivity index (χ2n) is 6.08. The summed E-state index contributed by atoms with van der Waals surface area (Å²) in [6, 6.07) is 16.3. The summed E-state index contributed by atoms with van der Waals surface area (Å²) in [6.07, 6.45) is 0. The Hall–Kier alpha value is -3.74. The van der Waals surface area contributed by atoms with Gasteiger partial charge in [0.15, 0.2) is 5.76 Å². The number of carbonyl (C=O) groups is 1. The van der Waals surface area contributed by atoms with E-state index in [0.717, 1.165) is 11.0 Å². The number of rotatable bonds is 6. The van der Waals surface area contributed by atoms with Crippen LogP contribution in [0.4, 0.5) is 0 Å². The zero-order valence-corrected chi connectivity index (χ0v) is 15.4.